The SMILES string of the molecule is CNC(C)c1cc(F)ccc1OCc1ccc(F)cc1Cl. The van der Waals surface area contributed by atoms with E-state index < -0.39 is 5.82 Å². The van der Waals surface area contributed by atoms with Crippen molar-refractivity contribution >= 4 is 11.6 Å². The lowest BCUT2D eigenvalue weighted by atomic mass is 10.1. The van der Waals surface area contributed by atoms with Gasteiger partial charge in [-0.25, -0.2) is 8.78 Å². The Bertz CT molecular complexity index is 634. The summed E-state index contributed by atoms with van der Waals surface area (Å²) in [5.41, 5.74) is 1.39. The molecule has 0 heterocycles. The molecule has 0 bridgehead atoms. The van der Waals surface area contributed by atoms with Crippen molar-refractivity contribution in [1.82, 2.24) is 5.32 Å². The molecular formula is C16H16ClF2NO. The van der Waals surface area contributed by atoms with Gasteiger partial charge in [-0.2, -0.15) is 0 Å². The van der Waals surface area contributed by atoms with Crippen molar-refractivity contribution in [2.75, 3.05) is 7.05 Å². The Morgan fingerprint density at radius 3 is 2.48 bits per heavy atom. The largest absolute Gasteiger partial charge is 0.489 e. The van der Waals surface area contributed by atoms with Crippen LogP contribution in [0.1, 0.15) is 24.1 Å². The fraction of sp³-hybridized carbons (Fsp3) is 0.250. The molecule has 21 heavy (non-hydrogen) atoms. The first-order valence-corrected chi connectivity index (χ1v) is 6.92. The molecule has 0 fully saturated rings. The van der Waals surface area contributed by atoms with E-state index in [-0.39, 0.29) is 18.5 Å². The monoisotopic (exact) mass is 311 g/mol. The van der Waals surface area contributed by atoms with E-state index >= 15 is 0 Å². The minimum atomic E-state index is -0.393. The van der Waals surface area contributed by atoms with Gasteiger partial charge in [-0.1, -0.05) is 17.7 Å². The van der Waals surface area contributed by atoms with E-state index in [1.54, 1.807) is 19.2 Å². The van der Waals surface area contributed by atoms with Crippen molar-refractivity contribution in [2.24, 2.45) is 0 Å². The van der Waals surface area contributed by atoms with Gasteiger partial charge in [0.1, 0.15) is 24.0 Å². The number of nitrogens with one attached hydrogen (secondary N) is 1. The minimum absolute atomic E-state index is 0.0561. The molecule has 2 rings (SSSR count). The third kappa shape index (κ3) is 3.93. The van der Waals surface area contributed by atoms with E-state index in [1.807, 2.05) is 6.92 Å². The summed E-state index contributed by atoms with van der Waals surface area (Å²) in [5.74, 6) is -0.145. The number of ether oxygens (including phenoxy) is 1. The van der Waals surface area contributed by atoms with Crippen molar-refractivity contribution in [2.45, 2.75) is 19.6 Å². The van der Waals surface area contributed by atoms with Gasteiger partial charge in [0.05, 0.1) is 5.02 Å². The molecule has 1 atom stereocenters. The molecule has 1 N–H and O–H groups in total. The Morgan fingerprint density at radius 1 is 1.14 bits per heavy atom. The summed E-state index contributed by atoms with van der Waals surface area (Å²) < 4.78 is 32.1. The molecule has 2 aromatic carbocycles. The normalized spacial score (nSPS) is 12.2. The average Bonchev–Trinajstić information content (AvgIpc) is 2.46. The van der Waals surface area contributed by atoms with E-state index in [2.05, 4.69) is 5.32 Å². The number of rotatable bonds is 5. The standard InChI is InChI=1S/C16H16ClF2NO/c1-10(20-2)14-7-12(18)5-6-16(14)21-9-11-3-4-13(19)8-15(11)17/h3-8,10,20H,9H2,1-2H3. The maximum atomic E-state index is 13.4. The van der Waals surface area contributed by atoms with Gasteiger partial charge < -0.3 is 10.1 Å². The Balaban J connectivity index is 2.19. The van der Waals surface area contributed by atoms with Crippen molar-refractivity contribution in [3.8, 4) is 5.75 Å². The highest BCUT2D eigenvalue weighted by Gasteiger charge is 2.12. The van der Waals surface area contributed by atoms with E-state index in [4.69, 9.17) is 16.3 Å². The highest BCUT2D eigenvalue weighted by Crippen LogP contribution is 2.27. The van der Waals surface area contributed by atoms with Crippen molar-refractivity contribution in [1.29, 1.82) is 0 Å². The average molecular weight is 312 g/mol. The van der Waals surface area contributed by atoms with Crippen LogP contribution in [0.25, 0.3) is 0 Å². The van der Waals surface area contributed by atoms with Crippen LogP contribution in [0.4, 0.5) is 8.78 Å². The lowest BCUT2D eigenvalue weighted by Gasteiger charge is -2.17. The van der Waals surface area contributed by atoms with E-state index in [9.17, 15) is 8.78 Å². The maximum absolute atomic E-state index is 13.4. The molecule has 0 saturated heterocycles. The predicted octanol–water partition coefficient (Wildman–Crippen LogP) is 4.48. The van der Waals surface area contributed by atoms with Crippen molar-refractivity contribution < 1.29 is 13.5 Å². The molecule has 5 heteroatoms. The van der Waals surface area contributed by atoms with Gasteiger partial charge in [0.2, 0.25) is 0 Å². The Hall–Kier alpha value is -1.65. The number of hydrogen-bond donors (Lipinski definition) is 1. The second kappa shape index (κ2) is 6.87. The second-order valence-corrected chi connectivity index (χ2v) is 5.12. The molecule has 0 spiro atoms. The number of benzene rings is 2. The minimum Gasteiger partial charge on any atom is -0.489 e. The zero-order valence-corrected chi connectivity index (χ0v) is 12.5. The first kappa shape index (κ1) is 15.7. The van der Waals surface area contributed by atoms with E-state index in [0.717, 1.165) is 5.56 Å². The van der Waals surface area contributed by atoms with Crippen LogP contribution >= 0.6 is 11.6 Å². The molecule has 1 unspecified atom stereocenters. The summed E-state index contributed by atoms with van der Waals surface area (Å²) in [4.78, 5) is 0. The zero-order chi connectivity index (χ0) is 15.4. The summed E-state index contributed by atoms with van der Waals surface area (Å²) in [5, 5.41) is 3.35. The molecular weight excluding hydrogens is 296 g/mol. The molecule has 0 aliphatic rings. The van der Waals surface area contributed by atoms with Crippen LogP contribution in [0.5, 0.6) is 5.75 Å². The molecule has 0 amide bonds. The first-order chi connectivity index (χ1) is 10.0. The van der Waals surface area contributed by atoms with Gasteiger partial charge >= 0.3 is 0 Å². The summed E-state index contributed by atoms with van der Waals surface area (Å²) in [6.45, 7) is 2.10. The summed E-state index contributed by atoms with van der Waals surface area (Å²) >= 11 is 5.96. The van der Waals surface area contributed by atoms with Gasteiger partial charge in [-0.15, -0.1) is 0 Å². The lowest BCUT2D eigenvalue weighted by Crippen LogP contribution is -2.14. The fourth-order valence-corrected chi connectivity index (χ4v) is 2.16. The Kier molecular flexibility index (Phi) is 5.15. The molecule has 2 aromatic rings. The van der Waals surface area contributed by atoms with Crippen molar-refractivity contribution in [3.63, 3.8) is 0 Å². The van der Waals surface area contributed by atoms with Crippen LogP contribution in [-0.4, -0.2) is 7.05 Å². The van der Waals surface area contributed by atoms with Crippen LogP contribution in [0.3, 0.4) is 0 Å². The fourth-order valence-electron chi connectivity index (χ4n) is 1.94. The molecule has 112 valence electrons. The quantitative estimate of drug-likeness (QED) is 0.879. The van der Waals surface area contributed by atoms with Gasteiger partial charge in [-0.3, -0.25) is 0 Å². The molecule has 0 radical (unpaired) electrons. The maximum Gasteiger partial charge on any atom is 0.124 e. The number of halogens is 3. The predicted molar refractivity (Wildman–Crippen MR) is 79.6 cm³/mol. The van der Waals surface area contributed by atoms with E-state index in [0.29, 0.717) is 16.3 Å². The van der Waals surface area contributed by atoms with Gasteiger partial charge in [0.25, 0.3) is 0 Å². The third-order valence-electron chi connectivity index (χ3n) is 3.27. The van der Waals surface area contributed by atoms with Crippen LogP contribution in [0.15, 0.2) is 36.4 Å². The Labute approximate surface area is 127 Å². The second-order valence-electron chi connectivity index (χ2n) is 4.72. The first-order valence-electron chi connectivity index (χ1n) is 6.54. The van der Waals surface area contributed by atoms with Crippen LogP contribution < -0.4 is 10.1 Å². The van der Waals surface area contributed by atoms with E-state index in [1.165, 1.54) is 24.3 Å². The van der Waals surface area contributed by atoms with Crippen LogP contribution in [0.2, 0.25) is 5.02 Å². The lowest BCUT2D eigenvalue weighted by molar-refractivity contribution is 0.299. The molecule has 0 aliphatic carbocycles. The summed E-state index contributed by atoms with van der Waals surface area (Å²) in [7, 11) is 1.79. The highest BCUT2D eigenvalue weighted by molar-refractivity contribution is 6.31. The Morgan fingerprint density at radius 2 is 1.81 bits per heavy atom. The zero-order valence-electron chi connectivity index (χ0n) is 11.8. The topological polar surface area (TPSA) is 21.3 Å². The highest BCUT2D eigenvalue weighted by atomic mass is 35.5. The molecule has 2 nitrogen and oxygen atoms in total. The molecule has 0 aromatic heterocycles. The smallest absolute Gasteiger partial charge is 0.124 e. The van der Waals surface area contributed by atoms with Crippen LogP contribution in [-0.2, 0) is 6.61 Å². The van der Waals surface area contributed by atoms with Gasteiger partial charge in [0, 0.05) is 17.2 Å². The summed E-state index contributed by atoms with van der Waals surface area (Å²) in [6, 6.07) is 8.43. The van der Waals surface area contributed by atoms with Gasteiger partial charge in [-0.05, 0) is 44.3 Å². The van der Waals surface area contributed by atoms with Gasteiger partial charge in [0.15, 0.2) is 0 Å². The third-order valence-corrected chi connectivity index (χ3v) is 3.62. The summed E-state index contributed by atoms with van der Waals surface area (Å²) in [6.07, 6.45) is 0. The van der Waals surface area contributed by atoms with Crippen molar-refractivity contribution in [3.05, 3.63) is 64.2 Å². The molecule has 0 saturated carbocycles. The molecule has 0 aliphatic heterocycles. The van der Waals surface area contributed by atoms with Crippen LogP contribution in [0, 0.1) is 11.6 Å². The number of hydrogen-bond acceptors (Lipinski definition) is 2.